The Morgan fingerprint density at radius 2 is 1.77 bits per heavy atom. The molecule has 7 nitrogen and oxygen atoms in total. The van der Waals surface area contributed by atoms with Crippen LogP contribution in [0.4, 0.5) is 0 Å². The van der Waals surface area contributed by atoms with Gasteiger partial charge >= 0.3 is 0 Å². The number of aromatic nitrogens is 2. The Labute approximate surface area is 176 Å². The van der Waals surface area contributed by atoms with E-state index in [-0.39, 0.29) is 18.9 Å². The van der Waals surface area contributed by atoms with E-state index in [1.54, 1.807) is 10.9 Å². The summed E-state index contributed by atoms with van der Waals surface area (Å²) in [7, 11) is -3.58. The van der Waals surface area contributed by atoms with Crippen LogP contribution in [0.15, 0.2) is 78.5 Å². The van der Waals surface area contributed by atoms with Gasteiger partial charge in [0.2, 0.25) is 15.9 Å². The molecule has 0 radical (unpaired) electrons. The number of rotatable bonds is 10. The zero-order valence-corrected chi connectivity index (χ0v) is 17.3. The molecule has 1 amide bonds. The molecule has 0 unspecified atom stereocenters. The minimum atomic E-state index is -3.58. The second kappa shape index (κ2) is 10.5. The molecule has 0 bridgehead atoms. The average molecular weight is 425 g/mol. The smallest absolute Gasteiger partial charge is 0.233 e. The minimum absolute atomic E-state index is 0.0475. The zero-order chi connectivity index (χ0) is 21.2. The van der Waals surface area contributed by atoms with Crippen molar-refractivity contribution in [2.45, 2.75) is 12.8 Å². The van der Waals surface area contributed by atoms with E-state index in [0.29, 0.717) is 13.0 Å². The van der Waals surface area contributed by atoms with Gasteiger partial charge in [0.05, 0.1) is 5.69 Å². The Morgan fingerprint density at radius 3 is 2.47 bits per heavy atom. The molecule has 8 heteroatoms. The van der Waals surface area contributed by atoms with Crippen LogP contribution < -0.4 is 10.0 Å². The van der Waals surface area contributed by atoms with Gasteiger partial charge in [0.1, 0.15) is 0 Å². The van der Waals surface area contributed by atoms with Gasteiger partial charge in [0.25, 0.3) is 0 Å². The lowest BCUT2D eigenvalue weighted by atomic mass is 10.1. The number of hydrogen-bond donors (Lipinski definition) is 2. The summed E-state index contributed by atoms with van der Waals surface area (Å²) in [5.74, 6) is -0.196. The predicted octanol–water partition coefficient (Wildman–Crippen LogP) is 2.51. The van der Waals surface area contributed by atoms with Crippen LogP contribution in [-0.2, 0) is 21.2 Å². The highest BCUT2D eigenvalue weighted by Crippen LogP contribution is 2.09. The first-order chi connectivity index (χ1) is 14.5. The topological polar surface area (TPSA) is 93.1 Å². The summed E-state index contributed by atoms with van der Waals surface area (Å²) < 4.78 is 28.1. The highest BCUT2D eigenvalue weighted by molar-refractivity contribution is 7.92. The molecule has 2 N–H and O–H groups in total. The van der Waals surface area contributed by atoms with Crippen LogP contribution in [0.5, 0.6) is 0 Å². The van der Waals surface area contributed by atoms with Crippen molar-refractivity contribution < 1.29 is 13.2 Å². The highest BCUT2D eigenvalue weighted by atomic mass is 32.2. The van der Waals surface area contributed by atoms with Gasteiger partial charge in [-0.05, 0) is 41.8 Å². The van der Waals surface area contributed by atoms with Crippen LogP contribution >= 0.6 is 0 Å². The molecule has 156 valence electrons. The average Bonchev–Trinajstić information content (AvgIpc) is 3.28. The van der Waals surface area contributed by atoms with E-state index < -0.39 is 10.0 Å². The largest absolute Gasteiger partial charge is 0.356 e. The van der Waals surface area contributed by atoms with E-state index in [0.717, 1.165) is 22.2 Å². The van der Waals surface area contributed by atoms with Gasteiger partial charge in [-0.25, -0.2) is 17.8 Å². The lowest BCUT2D eigenvalue weighted by molar-refractivity contribution is -0.120. The molecule has 0 saturated heterocycles. The van der Waals surface area contributed by atoms with Gasteiger partial charge in [-0.15, -0.1) is 0 Å². The first-order valence-electron chi connectivity index (χ1n) is 9.60. The Morgan fingerprint density at radius 1 is 1.00 bits per heavy atom. The molecule has 0 aliphatic rings. The normalized spacial score (nSPS) is 11.6. The number of amides is 1. The third-order valence-corrected chi connectivity index (χ3v) is 5.44. The summed E-state index contributed by atoms with van der Waals surface area (Å²) in [5, 5.41) is 8.09. The maximum atomic E-state index is 12.0. The maximum absolute atomic E-state index is 12.0. The number of nitrogens with zero attached hydrogens (tertiary/aromatic N) is 2. The molecule has 2 aromatic carbocycles. The summed E-state index contributed by atoms with van der Waals surface area (Å²) in [5.41, 5.74) is 2.86. The van der Waals surface area contributed by atoms with Crippen LogP contribution in [0.1, 0.15) is 17.5 Å². The molecule has 3 aromatic rings. The van der Waals surface area contributed by atoms with E-state index in [9.17, 15) is 13.2 Å². The van der Waals surface area contributed by atoms with Crippen LogP contribution in [-0.4, -0.2) is 37.2 Å². The van der Waals surface area contributed by atoms with Crippen molar-refractivity contribution in [2.75, 3.05) is 13.1 Å². The number of carbonyl (C=O) groups excluding carboxylic acids is 1. The van der Waals surface area contributed by atoms with Gasteiger partial charge in [-0.2, -0.15) is 5.10 Å². The Balaban J connectivity index is 1.35. The van der Waals surface area contributed by atoms with Crippen molar-refractivity contribution >= 4 is 22.0 Å². The van der Waals surface area contributed by atoms with E-state index in [1.165, 1.54) is 6.08 Å². The molecular weight excluding hydrogens is 400 g/mol. The van der Waals surface area contributed by atoms with Crippen LogP contribution in [0.2, 0.25) is 0 Å². The molecule has 1 heterocycles. The van der Waals surface area contributed by atoms with Crippen molar-refractivity contribution in [2.24, 2.45) is 0 Å². The van der Waals surface area contributed by atoms with Crippen molar-refractivity contribution in [1.29, 1.82) is 0 Å². The van der Waals surface area contributed by atoms with E-state index in [1.807, 2.05) is 66.9 Å². The molecule has 0 spiro atoms. The molecule has 1 aromatic heterocycles. The molecule has 0 fully saturated rings. The lowest BCUT2D eigenvalue weighted by Crippen LogP contribution is -2.30. The maximum Gasteiger partial charge on any atom is 0.233 e. The Hall–Kier alpha value is -3.23. The molecule has 0 aliphatic heterocycles. The van der Waals surface area contributed by atoms with Gasteiger partial charge < -0.3 is 5.32 Å². The van der Waals surface area contributed by atoms with Crippen molar-refractivity contribution in [3.05, 3.63) is 89.6 Å². The number of sulfonamides is 1. The standard InChI is InChI=1S/C22H24N4O3S/c27-22(12-16-25-30(28,29)18-13-19-5-2-1-3-6-19)23-15-11-20-7-9-21(10-8-20)26-17-4-14-24-26/h1-10,13-14,17-18,25H,11-12,15-16H2,(H,23,27)/b18-13+. The monoisotopic (exact) mass is 424 g/mol. The second-order valence-corrected chi connectivity index (χ2v) is 8.27. The Kier molecular flexibility index (Phi) is 7.53. The first kappa shape index (κ1) is 21.5. The fourth-order valence-electron chi connectivity index (χ4n) is 2.76. The van der Waals surface area contributed by atoms with E-state index >= 15 is 0 Å². The third kappa shape index (κ3) is 6.98. The van der Waals surface area contributed by atoms with Gasteiger partial charge in [0.15, 0.2) is 0 Å². The van der Waals surface area contributed by atoms with Crippen molar-refractivity contribution in [1.82, 2.24) is 19.8 Å². The van der Waals surface area contributed by atoms with Gasteiger partial charge in [-0.1, -0.05) is 42.5 Å². The minimum Gasteiger partial charge on any atom is -0.356 e. The Bertz CT molecular complexity index is 1060. The fourth-order valence-corrected chi connectivity index (χ4v) is 3.58. The summed E-state index contributed by atoms with van der Waals surface area (Å²) in [6.07, 6.45) is 5.89. The van der Waals surface area contributed by atoms with Crippen molar-refractivity contribution in [3.63, 3.8) is 0 Å². The fraction of sp³-hybridized carbons (Fsp3) is 0.182. The quantitative estimate of drug-likeness (QED) is 0.523. The summed E-state index contributed by atoms with van der Waals surface area (Å²) in [6, 6.07) is 18.9. The third-order valence-electron chi connectivity index (χ3n) is 4.34. The van der Waals surface area contributed by atoms with Gasteiger partial charge in [0, 0.05) is 37.3 Å². The molecule has 0 saturated carbocycles. The number of carbonyl (C=O) groups is 1. The van der Waals surface area contributed by atoms with Gasteiger partial charge in [-0.3, -0.25) is 4.79 Å². The van der Waals surface area contributed by atoms with Crippen LogP contribution in [0.3, 0.4) is 0 Å². The zero-order valence-electron chi connectivity index (χ0n) is 16.4. The SMILES string of the molecule is O=C(CCNS(=O)(=O)/C=C/c1ccccc1)NCCc1ccc(-n2cccn2)cc1. The molecular formula is C22H24N4O3S. The number of nitrogens with one attached hydrogen (secondary N) is 2. The van der Waals surface area contributed by atoms with Crippen LogP contribution in [0.25, 0.3) is 11.8 Å². The number of benzene rings is 2. The highest BCUT2D eigenvalue weighted by Gasteiger charge is 2.07. The molecule has 30 heavy (non-hydrogen) atoms. The van der Waals surface area contributed by atoms with E-state index in [2.05, 4.69) is 15.1 Å². The molecule has 3 rings (SSSR count). The first-order valence-corrected chi connectivity index (χ1v) is 11.1. The summed E-state index contributed by atoms with van der Waals surface area (Å²) in [6.45, 7) is 0.534. The molecule has 0 atom stereocenters. The lowest BCUT2D eigenvalue weighted by Gasteiger charge is -2.07. The number of hydrogen-bond acceptors (Lipinski definition) is 4. The second-order valence-electron chi connectivity index (χ2n) is 6.62. The summed E-state index contributed by atoms with van der Waals surface area (Å²) in [4.78, 5) is 11.9. The molecule has 0 aliphatic carbocycles. The van der Waals surface area contributed by atoms with Crippen molar-refractivity contribution in [3.8, 4) is 5.69 Å². The predicted molar refractivity (Wildman–Crippen MR) is 117 cm³/mol. The van der Waals surface area contributed by atoms with Crippen LogP contribution in [0, 0.1) is 0 Å². The van der Waals surface area contributed by atoms with E-state index in [4.69, 9.17) is 0 Å². The summed E-state index contributed by atoms with van der Waals surface area (Å²) >= 11 is 0.